The first-order valence-electron chi connectivity index (χ1n) is 4.94. The Kier molecular flexibility index (Phi) is 3.08. The minimum Gasteiger partial charge on any atom is -0.377 e. The monoisotopic (exact) mass is 250 g/mol. The van der Waals surface area contributed by atoms with Crippen LogP contribution in [-0.4, -0.2) is 54.2 Å². The van der Waals surface area contributed by atoms with Crippen molar-refractivity contribution in [2.45, 2.75) is 31.9 Å². The quantitative estimate of drug-likeness (QED) is 0.652. The van der Waals surface area contributed by atoms with E-state index in [2.05, 4.69) is 5.32 Å². The smallest absolute Gasteiger partial charge is 0.255 e. The summed E-state index contributed by atoms with van der Waals surface area (Å²) in [6.45, 7) is 5.03. The fraction of sp³-hybridized carbons (Fsp3) is 0.889. The van der Waals surface area contributed by atoms with Crippen molar-refractivity contribution in [1.82, 2.24) is 9.62 Å². The van der Waals surface area contributed by atoms with Gasteiger partial charge < -0.3 is 10.4 Å². The maximum atomic E-state index is 11.7. The van der Waals surface area contributed by atoms with Gasteiger partial charge in [-0.1, -0.05) is 0 Å². The van der Waals surface area contributed by atoms with Crippen LogP contribution in [0.2, 0.25) is 0 Å². The lowest BCUT2D eigenvalue weighted by Gasteiger charge is -2.44. The number of nitrogens with one attached hydrogen (secondary N) is 1. The lowest BCUT2D eigenvalue weighted by atomic mass is 9.94. The van der Waals surface area contributed by atoms with Gasteiger partial charge in [-0.3, -0.25) is 4.79 Å². The molecule has 1 fully saturated rings. The van der Waals surface area contributed by atoms with Crippen LogP contribution in [-0.2, 0) is 14.8 Å². The summed E-state index contributed by atoms with van der Waals surface area (Å²) >= 11 is 0. The summed E-state index contributed by atoms with van der Waals surface area (Å²) in [5.41, 5.74) is -2.03. The van der Waals surface area contributed by atoms with E-state index in [1.54, 1.807) is 20.8 Å². The van der Waals surface area contributed by atoms with Gasteiger partial charge in [0.25, 0.3) is 5.91 Å². The predicted octanol–water partition coefficient (Wildman–Crippen LogP) is -1.09. The minimum absolute atomic E-state index is 0.173. The SMILES string of the molecule is CC(C)(C)NC(=O)C1(O)CN(S(C)(=O)=O)C1. The number of β-amino-alcohol motifs (C(OH)–C–C–N with tert-alkyl or cyclic N) is 1. The zero-order chi connectivity index (χ0) is 12.8. The molecule has 1 aliphatic rings. The fourth-order valence-electron chi connectivity index (χ4n) is 1.37. The molecule has 7 heteroatoms. The lowest BCUT2D eigenvalue weighted by molar-refractivity contribution is -0.153. The molecule has 1 amide bonds. The molecule has 2 N–H and O–H groups in total. The Labute approximate surface area is 95.7 Å². The second kappa shape index (κ2) is 3.68. The third kappa shape index (κ3) is 2.93. The molecule has 6 nitrogen and oxygen atoms in total. The highest BCUT2D eigenvalue weighted by Crippen LogP contribution is 2.24. The molecular formula is C9H18N2O4S. The van der Waals surface area contributed by atoms with E-state index in [-0.39, 0.29) is 13.1 Å². The normalized spacial score (nSPS) is 21.3. The van der Waals surface area contributed by atoms with Crippen LogP contribution in [0.1, 0.15) is 20.8 Å². The molecular weight excluding hydrogens is 232 g/mol. The first kappa shape index (κ1) is 13.4. The second-order valence-electron chi connectivity index (χ2n) is 5.27. The molecule has 0 bridgehead atoms. The van der Waals surface area contributed by atoms with Crippen LogP contribution in [0.4, 0.5) is 0 Å². The van der Waals surface area contributed by atoms with Gasteiger partial charge in [-0.05, 0) is 20.8 Å². The number of hydrogen-bond donors (Lipinski definition) is 2. The summed E-state index contributed by atoms with van der Waals surface area (Å²) in [4.78, 5) is 11.7. The molecule has 1 aliphatic heterocycles. The largest absolute Gasteiger partial charge is 0.377 e. The van der Waals surface area contributed by atoms with Gasteiger partial charge in [-0.2, -0.15) is 4.31 Å². The summed E-state index contributed by atoms with van der Waals surface area (Å²) in [7, 11) is -3.32. The van der Waals surface area contributed by atoms with Crippen molar-refractivity contribution in [3.8, 4) is 0 Å². The fourth-order valence-corrected chi connectivity index (χ4v) is 2.27. The van der Waals surface area contributed by atoms with Crippen LogP contribution in [0.5, 0.6) is 0 Å². The molecule has 0 aliphatic carbocycles. The number of aliphatic hydroxyl groups is 1. The van der Waals surface area contributed by atoms with E-state index in [1.165, 1.54) is 0 Å². The van der Waals surface area contributed by atoms with E-state index in [4.69, 9.17) is 0 Å². The standard InChI is InChI=1S/C9H18N2O4S/c1-8(2,3)10-7(12)9(13)5-11(6-9)16(4,14)15/h13H,5-6H2,1-4H3,(H,10,12). The van der Waals surface area contributed by atoms with Gasteiger partial charge in [0, 0.05) is 5.54 Å². The Morgan fingerprint density at radius 3 is 2.12 bits per heavy atom. The first-order chi connectivity index (χ1) is 6.94. The van der Waals surface area contributed by atoms with E-state index in [9.17, 15) is 18.3 Å². The van der Waals surface area contributed by atoms with Crippen LogP contribution in [0.3, 0.4) is 0 Å². The average Bonchev–Trinajstić information content (AvgIpc) is 1.92. The Bertz CT molecular complexity index is 390. The molecule has 0 unspecified atom stereocenters. The zero-order valence-electron chi connectivity index (χ0n) is 9.94. The highest BCUT2D eigenvalue weighted by Gasteiger charge is 2.51. The second-order valence-corrected chi connectivity index (χ2v) is 7.25. The van der Waals surface area contributed by atoms with Crippen molar-refractivity contribution in [3.63, 3.8) is 0 Å². The maximum absolute atomic E-state index is 11.7. The average molecular weight is 250 g/mol. The Morgan fingerprint density at radius 2 is 1.81 bits per heavy atom. The highest BCUT2D eigenvalue weighted by atomic mass is 32.2. The molecule has 0 radical (unpaired) electrons. The number of amides is 1. The number of carbonyl (C=O) groups excluding carboxylic acids is 1. The van der Waals surface area contributed by atoms with Gasteiger partial charge >= 0.3 is 0 Å². The van der Waals surface area contributed by atoms with E-state index in [0.29, 0.717) is 0 Å². The van der Waals surface area contributed by atoms with Crippen LogP contribution in [0.15, 0.2) is 0 Å². The molecule has 0 aromatic rings. The summed E-state index contributed by atoms with van der Waals surface area (Å²) < 4.78 is 23.2. The van der Waals surface area contributed by atoms with Crippen molar-refractivity contribution in [2.24, 2.45) is 0 Å². The van der Waals surface area contributed by atoms with Crippen LogP contribution >= 0.6 is 0 Å². The molecule has 16 heavy (non-hydrogen) atoms. The first-order valence-corrected chi connectivity index (χ1v) is 6.79. The van der Waals surface area contributed by atoms with Gasteiger partial charge in [0.05, 0.1) is 19.3 Å². The van der Waals surface area contributed by atoms with Gasteiger partial charge in [0.15, 0.2) is 5.60 Å². The molecule has 94 valence electrons. The van der Waals surface area contributed by atoms with E-state index < -0.39 is 27.1 Å². The molecule has 0 spiro atoms. The topological polar surface area (TPSA) is 86.7 Å². The van der Waals surface area contributed by atoms with Gasteiger partial charge in [-0.25, -0.2) is 8.42 Å². The number of carbonyl (C=O) groups is 1. The highest BCUT2D eigenvalue weighted by molar-refractivity contribution is 7.88. The molecule has 0 atom stereocenters. The van der Waals surface area contributed by atoms with Gasteiger partial charge in [0.2, 0.25) is 10.0 Å². The summed E-state index contributed by atoms with van der Waals surface area (Å²) in [5, 5.41) is 12.5. The van der Waals surface area contributed by atoms with Crippen molar-refractivity contribution in [3.05, 3.63) is 0 Å². The Morgan fingerprint density at radius 1 is 1.38 bits per heavy atom. The summed E-state index contributed by atoms with van der Waals surface area (Å²) in [5.74, 6) is -0.528. The van der Waals surface area contributed by atoms with Crippen LogP contribution in [0.25, 0.3) is 0 Å². The third-order valence-electron chi connectivity index (χ3n) is 2.26. The van der Waals surface area contributed by atoms with E-state index in [0.717, 1.165) is 10.6 Å². The molecule has 1 heterocycles. The van der Waals surface area contributed by atoms with Crippen LogP contribution < -0.4 is 5.32 Å². The minimum atomic E-state index is -3.32. The number of rotatable bonds is 2. The lowest BCUT2D eigenvalue weighted by Crippen LogP contribution is -2.70. The number of sulfonamides is 1. The van der Waals surface area contributed by atoms with Gasteiger partial charge in [-0.15, -0.1) is 0 Å². The number of hydrogen-bond acceptors (Lipinski definition) is 4. The summed E-state index contributed by atoms with van der Waals surface area (Å²) in [6.07, 6.45) is 1.05. The molecule has 0 aromatic carbocycles. The molecule has 0 aromatic heterocycles. The molecule has 1 rings (SSSR count). The van der Waals surface area contributed by atoms with Crippen LogP contribution in [0, 0.1) is 0 Å². The van der Waals surface area contributed by atoms with Crippen molar-refractivity contribution >= 4 is 15.9 Å². The third-order valence-corrected chi connectivity index (χ3v) is 3.45. The molecule has 1 saturated heterocycles. The van der Waals surface area contributed by atoms with Crippen molar-refractivity contribution in [2.75, 3.05) is 19.3 Å². The summed E-state index contributed by atoms with van der Waals surface area (Å²) in [6, 6.07) is 0. The zero-order valence-corrected chi connectivity index (χ0v) is 10.8. The Balaban J connectivity index is 2.62. The maximum Gasteiger partial charge on any atom is 0.255 e. The van der Waals surface area contributed by atoms with Gasteiger partial charge in [0.1, 0.15) is 0 Å². The van der Waals surface area contributed by atoms with E-state index >= 15 is 0 Å². The van der Waals surface area contributed by atoms with Crippen molar-refractivity contribution in [1.29, 1.82) is 0 Å². The molecule has 0 saturated carbocycles. The van der Waals surface area contributed by atoms with Crippen molar-refractivity contribution < 1.29 is 18.3 Å². The predicted molar refractivity (Wildman–Crippen MR) is 59.3 cm³/mol. The Hall–Kier alpha value is -0.660. The van der Waals surface area contributed by atoms with E-state index in [1.807, 2.05) is 0 Å². The number of nitrogens with zero attached hydrogens (tertiary/aromatic N) is 1.